The van der Waals surface area contributed by atoms with Crippen molar-refractivity contribution in [3.05, 3.63) is 46.3 Å². The fraction of sp³-hybridized carbons (Fsp3) is 0.389. The number of anilines is 1. The van der Waals surface area contributed by atoms with E-state index >= 15 is 0 Å². The van der Waals surface area contributed by atoms with Crippen LogP contribution in [0.5, 0.6) is 0 Å². The molecule has 1 aliphatic rings. The van der Waals surface area contributed by atoms with Crippen LogP contribution in [-0.4, -0.2) is 84.9 Å². The van der Waals surface area contributed by atoms with Crippen LogP contribution in [0.3, 0.4) is 0 Å². The molecule has 0 spiro atoms. The molecule has 3 heterocycles. The van der Waals surface area contributed by atoms with Gasteiger partial charge >= 0.3 is 22.4 Å². The number of aromatic nitrogens is 4. The molecule has 2 unspecified atom stereocenters. The number of nitrogens with zero attached hydrogens (tertiary/aromatic N) is 5. The number of nitrogen functional groups attached to an aromatic ring is 1. The smallest absolute Gasteiger partial charge is 0.387 e. The maximum atomic E-state index is 11.7. The van der Waals surface area contributed by atoms with Gasteiger partial charge in [-0.15, -0.1) is 0 Å². The predicted octanol–water partition coefficient (Wildman–Crippen LogP) is 0.730. The number of phosphoric acid groups is 2. The number of aliphatic hydroxyl groups excluding tert-OH is 2. The molecule has 1 aliphatic heterocycles. The second kappa shape index (κ2) is 13.2. The topological polar surface area (TPSA) is 305 Å². The minimum Gasteiger partial charge on any atom is -0.387 e. The van der Waals surface area contributed by atoms with Gasteiger partial charge in [0.05, 0.1) is 17.9 Å². The van der Waals surface area contributed by atoms with Crippen molar-refractivity contribution >= 4 is 68.6 Å². The van der Waals surface area contributed by atoms with E-state index in [1.165, 1.54) is 34.8 Å². The Kier molecular flexibility index (Phi) is 10.4. The van der Waals surface area contributed by atoms with Crippen LogP contribution < -0.4 is 5.73 Å². The molecule has 25 heteroatoms. The number of aryl methyl sites for hydroxylation is 1. The molecule has 0 bridgehead atoms. The zero-order chi connectivity index (χ0) is 31.7. The molecule has 6 atom stereocenters. The number of non-ortho nitro benzene ring substituents is 1. The van der Waals surface area contributed by atoms with Crippen molar-refractivity contribution < 1.29 is 61.7 Å². The van der Waals surface area contributed by atoms with E-state index in [1.54, 1.807) is 12.1 Å². The largest absolute Gasteiger partial charge is 0.488 e. The Hall–Kier alpha value is -1.97. The zero-order valence-electron chi connectivity index (χ0n) is 21.2. The van der Waals surface area contributed by atoms with Gasteiger partial charge in [0.15, 0.2) is 22.8 Å². The Morgan fingerprint density at radius 1 is 1.12 bits per heavy atom. The van der Waals surface area contributed by atoms with Gasteiger partial charge in [0.25, 0.3) is 5.69 Å². The van der Waals surface area contributed by atoms with Crippen molar-refractivity contribution in [3.8, 4) is 0 Å². The molecule has 2 aromatic heterocycles. The van der Waals surface area contributed by atoms with Gasteiger partial charge in [-0.25, -0.2) is 28.4 Å². The number of ether oxygens (including phenoxy) is 1. The number of imidazole rings is 1. The fourth-order valence-corrected chi connectivity index (χ4v) is 8.59. The number of nitro groups is 1. The van der Waals surface area contributed by atoms with Gasteiger partial charge in [0.1, 0.15) is 23.8 Å². The Morgan fingerprint density at radius 3 is 2.42 bits per heavy atom. The van der Waals surface area contributed by atoms with Crippen LogP contribution in [0, 0.1) is 10.1 Å². The van der Waals surface area contributed by atoms with E-state index in [4.69, 9.17) is 24.8 Å². The third-order valence-corrected chi connectivity index (χ3v) is 11.2. The Bertz CT molecular complexity index is 1640. The summed E-state index contributed by atoms with van der Waals surface area (Å²) in [4.78, 5) is 59.8. The van der Waals surface area contributed by atoms with Crippen LogP contribution in [0.15, 0.2) is 35.7 Å². The summed E-state index contributed by atoms with van der Waals surface area (Å²) in [7, 11) is -11.1. The average molecular weight is 704 g/mol. The first kappa shape index (κ1) is 33.9. The molecule has 1 fully saturated rings. The molecule has 1 aromatic carbocycles. The quantitative estimate of drug-likeness (QED) is 0.0424. The SMILES string of the molecule is Nc1nc(SCCc2ccc([N+](=O)[O-])cc2)nc2c1ncn2[C@@H]1O[C@H](COP(O)(=S)OP(=O)(O)OP(=O)(O)O)[C@@H](O)[C@H]1O. The third-order valence-electron chi connectivity index (χ3n) is 5.63. The highest BCUT2D eigenvalue weighted by molar-refractivity contribution is 8.08. The number of thioether (sulfide) groups is 1. The number of hydrogen-bond donors (Lipinski definition) is 7. The van der Waals surface area contributed by atoms with Crippen LogP contribution in [0.1, 0.15) is 11.8 Å². The van der Waals surface area contributed by atoms with E-state index in [1.807, 2.05) is 0 Å². The van der Waals surface area contributed by atoms with Crippen LogP contribution in [0.4, 0.5) is 11.5 Å². The maximum Gasteiger partial charge on any atom is 0.488 e. The fourth-order valence-electron chi connectivity index (χ4n) is 3.78. The van der Waals surface area contributed by atoms with E-state index < -0.39 is 58.4 Å². The zero-order valence-corrected chi connectivity index (χ0v) is 25.6. The van der Waals surface area contributed by atoms with Crippen LogP contribution in [0.25, 0.3) is 11.2 Å². The Balaban J connectivity index is 1.43. The highest BCUT2D eigenvalue weighted by atomic mass is 32.5. The minimum atomic E-state index is -5.55. The van der Waals surface area contributed by atoms with Gasteiger partial charge in [0.2, 0.25) is 0 Å². The molecule has 4 rings (SSSR count). The lowest BCUT2D eigenvalue weighted by Crippen LogP contribution is -2.33. The van der Waals surface area contributed by atoms with Gasteiger partial charge in [-0.05, 0) is 23.8 Å². The molecule has 0 aliphatic carbocycles. The summed E-state index contributed by atoms with van der Waals surface area (Å²) in [5.74, 6) is 0.491. The first-order valence-electron chi connectivity index (χ1n) is 11.6. The van der Waals surface area contributed by atoms with Gasteiger partial charge in [0, 0.05) is 17.9 Å². The second-order valence-electron chi connectivity index (χ2n) is 8.67. The molecule has 20 nitrogen and oxygen atoms in total. The standard InChI is InChI=1S/C18H23N6O14P3S2/c19-15-12-16(22-18(21-15)43-6-5-9-1-3-10(4-2-9)24(27)28)23(8-20-12)17-14(26)13(25)11(36-17)7-35-41(34,42)38-40(32,33)37-39(29,30)31/h1-4,8,11,13-14,17,25-26H,5-7H2,(H,32,33)(H,34,42)(H2,19,21,22)(H2,29,30,31)/t11-,13-,14-,17-,41?/m1/s1. The lowest BCUT2D eigenvalue weighted by molar-refractivity contribution is -0.384. The molecule has 3 aromatic rings. The van der Waals surface area contributed by atoms with Gasteiger partial charge in [-0.3, -0.25) is 14.7 Å². The van der Waals surface area contributed by atoms with Crippen molar-refractivity contribution in [2.45, 2.75) is 36.1 Å². The molecular formula is C18H23N6O14P3S2. The minimum absolute atomic E-state index is 0.0126. The highest BCUT2D eigenvalue weighted by Gasteiger charge is 2.46. The van der Waals surface area contributed by atoms with E-state index in [9.17, 15) is 39.2 Å². The first-order valence-corrected chi connectivity index (χ1v) is 18.2. The molecule has 0 saturated carbocycles. The van der Waals surface area contributed by atoms with Gasteiger partial charge in [-0.1, -0.05) is 23.9 Å². The molecule has 0 radical (unpaired) electrons. The number of nitrogens with two attached hydrogens (primary N) is 1. The summed E-state index contributed by atoms with van der Waals surface area (Å²) in [6.07, 6.45) is -4.22. The molecule has 8 N–H and O–H groups in total. The molecule has 43 heavy (non-hydrogen) atoms. The number of hydrogen-bond acceptors (Lipinski definition) is 16. The number of fused-ring (bicyclic) bond motifs is 1. The van der Waals surface area contributed by atoms with Crippen LogP contribution in [0.2, 0.25) is 0 Å². The van der Waals surface area contributed by atoms with Crippen molar-refractivity contribution in [2.75, 3.05) is 18.1 Å². The van der Waals surface area contributed by atoms with Crippen molar-refractivity contribution in [2.24, 2.45) is 0 Å². The van der Waals surface area contributed by atoms with E-state index in [2.05, 4.69) is 35.4 Å². The summed E-state index contributed by atoms with van der Waals surface area (Å²) in [5, 5.41) is 32.2. The van der Waals surface area contributed by atoms with Gasteiger partial charge in [-0.2, -0.15) is 4.31 Å². The van der Waals surface area contributed by atoms with Gasteiger partial charge < -0.3 is 44.8 Å². The summed E-state index contributed by atoms with van der Waals surface area (Å²) in [6.45, 7) is -5.48. The summed E-state index contributed by atoms with van der Waals surface area (Å²) in [5.41, 5.74) is 7.15. The molecule has 236 valence electrons. The van der Waals surface area contributed by atoms with E-state index in [0.717, 1.165) is 5.56 Å². The Morgan fingerprint density at radius 2 is 1.79 bits per heavy atom. The monoisotopic (exact) mass is 704 g/mol. The second-order valence-corrected chi connectivity index (χ2v) is 15.5. The molecular weight excluding hydrogens is 681 g/mol. The van der Waals surface area contributed by atoms with Crippen molar-refractivity contribution in [3.63, 3.8) is 0 Å². The Labute approximate surface area is 250 Å². The lowest BCUT2D eigenvalue weighted by Gasteiger charge is -2.21. The lowest BCUT2D eigenvalue weighted by atomic mass is 10.1. The van der Waals surface area contributed by atoms with E-state index in [-0.39, 0.29) is 27.8 Å². The number of rotatable bonds is 13. The van der Waals surface area contributed by atoms with Crippen LogP contribution in [-0.2, 0) is 45.2 Å². The number of benzene rings is 1. The maximum absolute atomic E-state index is 11.7. The normalized spacial score (nSPS) is 23.7. The first-order chi connectivity index (χ1) is 19.9. The highest BCUT2D eigenvalue weighted by Crippen LogP contribution is 2.66. The van der Waals surface area contributed by atoms with Crippen molar-refractivity contribution in [1.82, 2.24) is 19.5 Å². The summed E-state index contributed by atoms with van der Waals surface area (Å²) < 4.78 is 42.0. The average Bonchev–Trinajstić information content (AvgIpc) is 3.42. The van der Waals surface area contributed by atoms with Crippen molar-refractivity contribution in [1.29, 1.82) is 0 Å². The van der Waals surface area contributed by atoms with E-state index in [0.29, 0.717) is 12.2 Å². The third kappa shape index (κ3) is 8.82. The molecule has 0 amide bonds. The summed E-state index contributed by atoms with van der Waals surface area (Å²) in [6, 6.07) is 6.06. The summed E-state index contributed by atoms with van der Waals surface area (Å²) >= 11 is 5.78. The number of nitro benzene ring substituents is 1. The van der Waals surface area contributed by atoms with Crippen LogP contribution >= 0.6 is 34.1 Å². The molecule has 1 saturated heterocycles. The number of aliphatic hydroxyl groups is 2. The predicted molar refractivity (Wildman–Crippen MR) is 150 cm³/mol.